The Morgan fingerprint density at radius 3 is 1.92 bits per heavy atom. The highest BCUT2D eigenvalue weighted by Gasteiger charge is 2.53. The highest BCUT2D eigenvalue weighted by Crippen LogP contribution is 2.47. The summed E-state index contributed by atoms with van der Waals surface area (Å²) in [6.07, 6.45) is -20.5. The maximum atomic E-state index is 13.4. The van der Waals surface area contributed by atoms with Gasteiger partial charge >= 0.3 is 11.9 Å². The summed E-state index contributed by atoms with van der Waals surface area (Å²) >= 11 is 0. The van der Waals surface area contributed by atoms with Crippen molar-refractivity contribution in [3.63, 3.8) is 0 Å². The Kier molecular flexibility index (Phi) is 17.7. The van der Waals surface area contributed by atoms with Gasteiger partial charge in [0.25, 0.3) is 11.9 Å². The van der Waals surface area contributed by atoms with Crippen LogP contribution in [0.5, 0.6) is 46.0 Å². The van der Waals surface area contributed by atoms with Crippen molar-refractivity contribution in [2.24, 2.45) is 0 Å². The maximum Gasteiger partial charge on any atom is 0.331 e. The van der Waals surface area contributed by atoms with E-state index in [1.165, 1.54) is 99.2 Å². The van der Waals surface area contributed by atoms with Gasteiger partial charge in [0.15, 0.2) is 35.8 Å². The van der Waals surface area contributed by atoms with E-state index in [1.54, 1.807) is 0 Å². The van der Waals surface area contributed by atoms with Crippen LogP contribution < -0.4 is 14.2 Å². The smallest absolute Gasteiger partial charge is 0.331 e. The van der Waals surface area contributed by atoms with Crippen molar-refractivity contribution in [2.75, 3.05) is 34.0 Å². The van der Waals surface area contributed by atoms with Gasteiger partial charge < -0.3 is 113 Å². The van der Waals surface area contributed by atoms with E-state index < -0.39 is 130 Å². The minimum absolute atomic E-state index is 0.00833. The van der Waals surface area contributed by atoms with Gasteiger partial charge in [-0.1, -0.05) is 12.1 Å². The van der Waals surface area contributed by atoms with Gasteiger partial charge in [0, 0.05) is 24.3 Å². The minimum atomic E-state index is -2.06. The molecule has 13 N–H and O–H groups in total. The number of hydrogen-bond donors (Lipinski definition) is 12. The first-order chi connectivity index (χ1) is 36.8. The molecule has 77 heavy (non-hydrogen) atoms. The van der Waals surface area contributed by atoms with Gasteiger partial charge in [0.1, 0.15) is 90.1 Å². The molecule has 0 bridgehead atoms. The van der Waals surface area contributed by atoms with Crippen LogP contribution in [0.15, 0.2) is 90.7 Å². The van der Waals surface area contributed by atoms with Gasteiger partial charge in [-0.2, -0.15) is 0 Å². The molecule has 0 aromatic heterocycles. The molecule has 4 aliphatic heterocycles. The van der Waals surface area contributed by atoms with Crippen LogP contribution in [0.25, 0.3) is 18.2 Å². The van der Waals surface area contributed by atoms with E-state index >= 15 is 0 Å². The second-order valence-corrected chi connectivity index (χ2v) is 17.9. The van der Waals surface area contributed by atoms with Crippen LogP contribution in [0.3, 0.4) is 0 Å². The van der Waals surface area contributed by atoms with Gasteiger partial charge in [-0.3, -0.25) is 0 Å². The Labute approximate surface area is 437 Å². The summed E-state index contributed by atoms with van der Waals surface area (Å²) in [4.78, 5) is 26.4. The highest BCUT2D eigenvalue weighted by atomic mass is 16.8. The lowest BCUT2D eigenvalue weighted by Gasteiger charge is -2.45. The van der Waals surface area contributed by atoms with Crippen molar-refractivity contribution < 1.29 is 123 Å². The molecule has 4 aromatic rings. The van der Waals surface area contributed by atoms with Crippen LogP contribution in [0.2, 0.25) is 0 Å². The molecule has 0 saturated carbocycles. The predicted molar refractivity (Wildman–Crippen MR) is 260 cm³/mol. The lowest BCUT2D eigenvalue weighted by Crippen LogP contribution is -2.63. The maximum absolute atomic E-state index is 13.4. The van der Waals surface area contributed by atoms with E-state index in [9.17, 15) is 70.9 Å². The van der Waals surface area contributed by atoms with Crippen molar-refractivity contribution in [1.82, 2.24) is 0 Å². The predicted octanol–water partition coefficient (Wildman–Crippen LogP) is -0.150. The third-order valence-electron chi connectivity index (χ3n) is 12.7. The molecule has 0 radical (unpaired) electrons. The summed E-state index contributed by atoms with van der Waals surface area (Å²) in [6, 6.07) is 16.6. The summed E-state index contributed by atoms with van der Waals surface area (Å²) in [5.74, 6) is -3.24. The Hall–Kier alpha value is -7.24. The fraction of sp³-hybridized carbons (Fsp3) is 0.385. The summed E-state index contributed by atoms with van der Waals surface area (Å²) in [5.41, 5.74) is 1.19. The zero-order valence-electron chi connectivity index (χ0n) is 40.8. The summed E-state index contributed by atoms with van der Waals surface area (Å²) < 4.78 is 62.4. The van der Waals surface area contributed by atoms with Gasteiger partial charge in [0.2, 0.25) is 18.3 Å². The quantitative estimate of drug-likeness (QED) is 0.0372. The first-order valence-corrected chi connectivity index (χ1v) is 23.7. The third kappa shape index (κ3) is 12.8. The SMILES string of the molecule is COc1cc(C=CC(=O)OC2C(OC3C(OC4=Cc5c(OC6OC(CO)C(O)C(O)C6O)cc(O)cc5[OH+]C4c4ccc(O)cc4)OC(COC(=O)C=Cc4ccc(O)cc4)C(O)C3O)OCC(O)C2O)cc(OC)c1O. The number of aliphatic hydroxyl groups is 9. The Morgan fingerprint density at radius 1 is 0.636 bits per heavy atom. The second-order valence-electron chi connectivity index (χ2n) is 17.9. The van der Waals surface area contributed by atoms with Gasteiger partial charge in [-0.25, -0.2) is 9.59 Å². The fourth-order valence-electron chi connectivity index (χ4n) is 8.55. The number of methoxy groups -OCH3 is 2. The molecule has 25 nitrogen and oxygen atoms in total. The van der Waals surface area contributed by atoms with Gasteiger partial charge in [-0.15, -0.1) is 0 Å². The minimum Gasteiger partial charge on any atom is -0.571 e. The van der Waals surface area contributed by atoms with Crippen LogP contribution >= 0.6 is 0 Å². The van der Waals surface area contributed by atoms with Crippen molar-refractivity contribution in [1.29, 1.82) is 0 Å². The number of phenols is 4. The van der Waals surface area contributed by atoms with Gasteiger partial charge in [0.05, 0.1) is 39.1 Å². The first kappa shape index (κ1) is 56.0. The van der Waals surface area contributed by atoms with E-state index in [2.05, 4.69) is 0 Å². The molecule has 8 rings (SSSR count). The van der Waals surface area contributed by atoms with E-state index in [4.69, 9.17) is 52.1 Å². The molecule has 15 atom stereocenters. The Morgan fingerprint density at radius 2 is 1.26 bits per heavy atom. The van der Waals surface area contributed by atoms with Crippen LogP contribution in [0.4, 0.5) is 0 Å². The Bertz CT molecular complexity index is 2760. The normalized spacial score (nSPS) is 30.2. The molecule has 4 heterocycles. The number of carbonyl (C=O) groups excluding carboxylic acids is 2. The number of carbonyl (C=O) groups is 2. The monoisotopic (exact) mass is 1080 g/mol. The average molecular weight is 1080 g/mol. The Balaban J connectivity index is 1.13. The standard InChI is InChI=1S/C52H56O25/c1-67-33-15-24(16-34(68-2)41(33)61)6-14-39(59)76-48-40(60)30(57)21-70-51(48)77-49-45(65)43(63)37(22-69-38(58)13-5-23-3-9-26(54)10-4-23)75-52(49)73-35-19-29-31(71-47(35)25-7-11-27(55)12-8-25)17-28(56)18-32(29)72-50-46(66)44(64)42(62)36(20-53)74-50/h3-19,30,36-37,40,42-57,60-66H,20-22H2,1-2H3/p+1. The summed E-state index contributed by atoms with van der Waals surface area (Å²) in [6.45, 7) is -2.11. The number of benzene rings is 4. The van der Waals surface area contributed by atoms with Crippen LogP contribution in [0.1, 0.15) is 28.4 Å². The van der Waals surface area contributed by atoms with E-state index in [-0.39, 0.29) is 51.6 Å². The molecule has 4 aromatic carbocycles. The number of ether oxygens (including phenoxy) is 11. The number of aliphatic hydroxyl groups excluding tert-OH is 8. The number of rotatable bonds is 17. The molecule has 25 heteroatoms. The number of esters is 2. The summed E-state index contributed by atoms with van der Waals surface area (Å²) in [5, 5.41) is 128. The topological polar surface area (TPSA) is 382 Å². The molecule has 0 amide bonds. The highest BCUT2D eigenvalue weighted by molar-refractivity contribution is 5.88. The molecule has 3 fully saturated rings. The van der Waals surface area contributed by atoms with Crippen molar-refractivity contribution >= 4 is 30.2 Å². The van der Waals surface area contributed by atoms with Crippen LogP contribution in [-0.4, -0.2) is 198 Å². The van der Waals surface area contributed by atoms with Crippen molar-refractivity contribution in [2.45, 2.75) is 92.1 Å². The molecule has 4 aliphatic rings. The fourth-order valence-corrected chi connectivity index (χ4v) is 8.55. The number of fused-ring (bicyclic) bond motifs is 1. The lowest BCUT2D eigenvalue weighted by atomic mass is 9.97. The molecule has 0 aliphatic carbocycles. The third-order valence-corrected chi connectivity index (χ3v) is 12.7. The van der Waals surface area contributed by atoms with E-state index in [0.29, 0.717) is 16.7 Å². The largest absolute Gasteiger partial charge is 0.571 e. The molecular formula is C52H57O25+. The lowest BCUT2D eigenvalue weighted by molar-refractivity contribution is -0.353. The number of phenolic OH excluding ortho intramolecular Hbond substituents is 4. The first-order valence-electron chi connectivity index (χ1n) is 23.7. The van der Waals surface area contributed by atoms with Crippen molar-refractivity contribution in [3.8, 4) is 46.0 Å². The molecule has 15 unspecified atom stereocenters. The van der Waals surface area contributed by atoms with E-state index in [1.807, 2.05) is 0 Å². The molecular weight excluding hydrogens is 1020 g/mol. The van der Waals surface area contributed by atoms with Crippen LogP contribution in [-0.2, 0) is 42.7 Å². The van der Waals surface area contributed by atoms with Crippen molar-refractivity contribution in [3.05, 3.63) is 113 Å². The summed E-state index contributed by atoms with van der Waals surface area (Å²) in [7, 11) is 2.60. The number of hydrogen-bond acceptors (Lipinski definition) is 24. The molecule has 414 valence electrons. The zero-order chi connectivity index (χ0) is 55.2. The zero-order valence-corrected chi connectivity index (χ0v) is 40.8. The average Bonchev–Trinajstić information content (AvgIpc) is 3.45. The number of aromatic hydroxyl groups is 5. The van der Waals surface area contributed by atoms with Crippen LogP contribution in [0, 0.1) is 0 Å². The van der Waals surface area contributed by atoms with Gasteiger partial charge in [-0.05, 0) is 71.8 Å². The van der Waals surface area contributed by atoms with E-state index in [0.717, 1.165) is 18.2 Å². The molecule has 3 saturated heterocycles. The molecule has 0 spiro atoms. The second kappa shape index (κ2) is 24.4.